The van der Waals surface area contributed by atoms with Crippen LogP contribution < -0.4 is 20.9 Å². The third-order valence-electron chi connectivity index (χ3n) is 5.18. The number of urea groups is 1. The molecule has 0 unspecified atom stereocenters. The number of aryl methyl sites for hydroxylation is 2. The van der Waals surface area contributed by atoms with Gasteiger partial charge in [-0.1, -0.05) is 11.6 Å². The Morgan fingerprint density at radius 1 is 1.00 bits per heavy atom. The molecule has 0 bridgehead atoms. The Labute approximate surface area is 205 Å². The SMILES string of the molecule is CNc1ccc2c(=O)n(-c3ccc(NC(=O)NS(=O)(=O)c4ccc(C)s4)cc3Cl)cc(C)c2c1. The Bertz CT molecular complexity index is 1590. The number of carbonyl (C=O) groups is 1. The van der Waals surface area contributed by atoms with Crippen LogP contribution in [0.2, 0.25) is 5.02 Å². The van der Waals surface area contributed by atoms with E-state index in [9.17, 15) is 18.0 Å². The second-order valence-corrected chi connectivity index (χ2v) is 11.2. The molecule has 2 amide bonds. The summed E-state index contributed by atoms with van der Waals surface area (Å²) in [6.45, 7) is 3.68. The van der Waals surface area contributed by atoms with Crippen molar-refractivity contribution in [2.45, 2.75) is 18.1 Å². The number of carbonyl (C=O) groups excluding carboxylic acids is 1. The van der Waals surface area contributed by atoms with Gasteiger partial charge in [0.25, 0.3) is 15.6 Å². The highest BCUT2D eigenvalue weighted by Crippen LogP contribution is 2.27. The van der Waals surface area contributed by atoms with Crippen LogP contribution in [0.15, 0.2) is 63.7 Å². The molecule has 2 aromatic carbocycles. The number of benzene rings is 2. The predicted molar refractivity (Wildman–Crippen MR) is 137 cm³/mol. The number of hydrogen-bond donors (Lipinski definition) is 3. The number of rotatable bonds is 5. The van der Waals surface area contributed by atoms with Gasteiger partial charge in [-0.2, -0.15) is 0 Å². The number of halogens is 1. The van der Waals surface area contributed by atoms with E-state index in [1.807, 2.05) is 30.8 Å². The van der Waals surface area contributed by atoms with Crippen molar-refractivity contribution in [1.82, 2.24) is 9.29 Å². The zero-order chi connectivity index (χ0) is 24.6. The lowest BCUT2D eigenvalue weighted by molar-refractivity contribution is 0.256. The molecule has 0 radical (unpaired) electrons. The molecular weight excluding hydrogens is 496 g/mol. The van der Waals surface area contributed by atoms with Gasteiger partial charge in [-0.05, 0) is 73.3 Å². The lowest BCUT2D eigenvalue weighted by Crippen LogP contribution is -2.34. The van der Waals surface area contributed by atoms with Crippen LogP contribution in [0.5, 0.6) is 0 Å². The summed E-state index contributed by atoms with van der Waals surface area (Å²) in [6.07, 6.45) is 1.71. The minimum absolute atomic E-state index is 0.0430. The Morgan fingerprint density at radius 3 is 2.38 bits per heavy atom. The predicted octanol–water partition coefficient (Wildman–Crippen LogP) is 4.87. The third-order valence-corrected chi connectivity index (χ3v) is 8.30. The van der Waals surface area contributed by atoms with Gasteiger partial charge in [0.15, 0.2) is 0 Å². The maximum Gasteiger partial charge on any atom is 0.333 e. The van der Waals surface area contributed by atoms with E-state index >= 15 is 0 Å². The fourth-order valence-corrected chi connectivity index (χ4v) is 5.97. The number of nitrogens with zero attached hydrogens (tertiary/aromatic N) is 1. The molecule has 176 valence electrons. The van der Waals surface area contributed by atoms with Crippen LogP contribution in [0.1, 0.15) is 10.4 Å². The Balaban J connectivity index is 1.60. The van der Waals surface area contributed by atoms with E-state index in [1.165, 1.54) is 16.7 Å². The van der Waals surface area contributed by atoms with Crippen molar-refractivity contribution in [2.75, 3.05) is 17.7 Å². The largest absolute Gasteiger partial charge is 0.388 e. The van der Waals surface area contributed by atoms with Gasteiger partial charge in [-0.15, -0.1) is 11.3 Å². The summed E-state index contributed by atoms with van der Waals surface area (Å²) in [5.41, 5.74) is 2.25. The van der Waals surface area contributed by atoms with Gasteiger partial charge in [0, 0.05) is 34.9 Å². The number of thiophene rings is 1. The van der Waals surface area contributed by atoms with E-state index in [4.69, 9.17) is 11.6 Å². The highest BCUT2D eigenvalue weighted by atomic mass is 35.5. The van der Waals surface area contributed by atoms with E-state index in [2.05, 4.69) is 10.6 Å². The molecule has 0 fully saturated rings. The molecule has 0 aliphatic rings. The van der Waals surface area contributed by atoms with Gasteiger partial charge in [-0.3, -0.25) is 9.36 Å². The first-order valence-electron chi connectivity index (χ1n) is 10.1. The molecule has 0 aliphatic carbocycles. The van der Waals surface area contributed by atoms with Gasteiger partial charge in [0.2, 0.25) is 0 Å². The van der Waals surface area contributed by atoms with Crippen molar-refractivity contribution >= 4 is 61.1 Å². The molecule has 11 heteroatoms. The summed E-state index contributed by atoms with van der Waals surface area (Å²) < 4.78 is 28.1. The normalized spacial score (nSPS) is 11.4. The van der Waals surface area contributed by atoms with E-state index in [0.29, 0.717) is 11.1 Å². The second-order valence-electron chi connectivity index (χ2n) is 7.59. The van der Waals surface area contributed by atoms with Crippen molar-refractivity contribution in [3.63, 3.8) is 0 Å². The molecule has 4 aromatic rings. The minimum Gasteiger partial charge on any atom is -0.388 e. The maximum atomic E-state index is 13.1. The summed E-state index contributed by atoms with van der Waals surface area (Å²) in [4.78, 5) is 26.2. The molecule has 0 saturated carbocycles. The number of nitrogens with one attached hydrogen (secondary N) is 3. The van der Waals surface area contributed by atoms with Crippen molar-refractivity contribution in [2.24, 2.45) is 0 Å². The Morgan fingerprint density at radius 2 is 1.74 bits per heavy atom. The minimum atomic E-state index is -3.98. The first-order valence-corrected chi connectivity index (χ1v) is 12.8. The van der Waals surface area contributed by atoms with Crippen LogP contribution >= 0.6 is 22.9 Å². The smallest absolute Gasteiger partial charge is 0.333 e. The van der Waals surface area contributed by atoms with Crippen LogP contribution in [0.4, 0.5) is 16.2 Å². The molecule has 0 spiro atoms. The average molecular weight is 517 g/mol. The van der Waals surface area contributed by atoms with Crippen molar-refractivity contribution in [1.29, 1.82) is 0 Å². The molecule has 34 heavy (non-hydrogen) atoms. The zero-order valence-corrected chi connectivity index (χ0v) is 20.9. The van der Waals surface area contributed by atoms with E-state index < -0.39 is 16.1 Å². The lowest BCUT2D eigenvalue weighted by Gasteiger charge is -2.14. The number of aromatic nitrogens is 1. The van der Waals surface area contributed by atoms with Crippen molar-refractivity contribution in [3.05, 3.63) is 80.5 Å². The molecule has 0 aliphatic heterocycles. The van der Waals surface area contributed by atoms with Crippen LogP contribution in [-0.4, -0.2) is 26.1 Å². The summed E-state index contributed by atoms with van der Waals surface area (Å²) in [7, 11) is -2.17. The van der Waals surface area contributed by atoms with Crippen LogP contribution in [0.25, 0.3) is 16.5 Å². The van der Waals surface area contributed by atoms with Crippen LogP contribution in [0.3, 0.4) is 0 Å². The van der Waals surface area contributed by atoms with E-state index in [0.717, 1.165) is 32.9 Å². The van der Waals surface area contributed by atoms with Gasteiger partial charge in [0.05, 0.1) is 10.7 Å². The molecular formula is C23H21ClN4O4S2. The molecule has 2 aromatic heterocycles. The van der Waals surface area contributed by atoms with Crippen molar-refractivity contribution in [3.8, 4) is 5.69 Å². The molecule has 8 nitrogen and oxygen atoms in total. The fraction of sp³-hybridized carbons (Fsp3) is 0.130. The van der Waals surface area contributed by atoms with Crippen LogP contribution in [-0.2, 0) is 10.0 Å². The van der Waals surface area contributed by atoms with Gasteiger partial charge >= 0.3 is 6.03 Å². The number of amides is 2. The van der Waals surface area contributed by atoms with E-state index in [1.54, 1.807) is 37.4 Å². The second kappa shape index (κ2) is 9.13. The number of sulfonamides is 1. The molecule has 0 saturated heterocycles. The Kier molecular flexibility index (Phi) is 6.39. The van der Waals surface area contributed by atoms with Crippen molar-refractivity contribution < 1.29 is 13.2 Å². The number of hydrogen-bond acceptors (Lipinski definition) is 6. The monoisotopic (exact) mass is 516 g/mol. The summed E-state index contributed by atoms with van der Waals surface area (Å²) in [5.74, 6) is 0. The van der Waals surface area contributed by atoms with Gasteiger partial charge < -0.3 is 10.6 Å². The maximum absolute atomic E-state index is 13.1. The highest BCUT2D eigenvalue weighted by Gasteiger charge is 2.20. The summed E-state index contributed by atoms with van der Waals surface area (Å²) >= 11 is 7.51. The van der Waals surface area contributed by atoms with E-state index in [-0.39, 0.29) is 20.5 Å². The quantitative estimate of drug-likeness (QED) is 0.350. The topological polar surface area (TPSA) is 109 Å². The standard InChI is InChI=1S/C23H21ClN4O4S2/c1-13-12-28(22(29)17-7-5-15(25-3)10-18(13)17)20-8-6-16(11-19(20)24)26-23(30)27-34(31,32)21-9-4-14(2)33-21/h4-12,25H,1-3H3,(H2,26,27,30). The highest BCUT2D eigenvalue weighted by molar-refractivity contribution is 7.92. The number of pyridine rings is 1. The fourth-order valence-electron chi connectivity index (χ4n) is 3.51. The molecule has 0 atom stereocenters. The van der Waals surface area contributed by atoms with Gasteiger partial charge in [0.1, 0.15) is 4.21 Å². The van der Waals surface area contributed by atoms with Crippen LogP contribution in [0, 0.1) is 13.8 Å². The summed E-state index contributed by atoms with van der Waals surface area (Å²) in [6, 6.07) is 12.2. The van der Waals surface area contributed by atoms with Gasteiger partial charge in [-0.25, -0.2) is 17.9 Å². The zero-order valence-electron chi connectivity index (χ0n) is 18.5. The summed E-state index contributed by atoms with van der Waals surface area (Å²) in [5, 5.41) is 7.11. The molecule has 4 rings (SSSR count). The molecule has 3 N–H and O–H groups in total. The lowest BCUT2D eigenvalue weighted by atomic mass is 10.1. The number of anilines is 2. The Hall–Kier alpha value is -3.34. The third kappa shape index (κ3) is 4.65. The average Bonchev–Trinajstić information content (AvgIpc) is 3.23. The first-order chi connectivity index (χ1) is 16.1. The number of fused-ring (bicyclic) bond motifs is 1. The molecule has 2 heterocycles. The first kappa shape index (κ1) is 23.8.